The minimum absolute atomic E-state index is 0.602. The van der Waals surface area contributed by atoms with Crippen molar-refractivity contribution in [2.45, 2.75) is 13.3 Å². The molecule has 0 N–H and O–H groups in total. The highest BCUT2D eigenvalue weighted by molar-refractivity contribution is 4.88. The van der Waals surface area contributed by atoms with Crippen LogP contribution in [0, 0.1) is 5.92 Å². The Hall–Kier alpha value is -0.600. The molecule has 0 aromatic carbocycles. The van der Waals surface area contributed by atoms with Gasteiger partial charge in [-0.3, -0.25) is 0 Å². The van der Waals surface area contributed by atoms with Gasteiger partial charge in [0.15, 0.2) is 0 Å². The molecule has 1 radical (unpaired) electrons. The highest BCUT2D eigenvalue weighted by Gasteiger charge is 2.06. The Balaban J connectivity index is 3.38. The van der Waals surface area contributed by atoms with E-state index < -0.39 is 0 Å². The summed E-state index contributed by atoms with van der Waals surface area (Å²) >= 11 is 0. The summed E-state index contributed by atoms with van der Waals surface area (Å²) in [6.07, 6.45) is 4.49. The Bertz CT molecular complexity index is 118. The minimum atomic E-state index is 0.602. The molecule has 0 unspecified atom stereocenters. The first-order valence-electron chi connectivity index (χ1n) is 4.56. The minimum Gasteiger partial charge on any atom is -0.377 e. The fourth-order valence-corrected chi connectivity index (χ4v) is 0.819. The third-order valence-electron chi connectivity index (χ3n) is 1.58. The maximum Gasteiger partial charge on any atom is 0.0645 e. The normalized spacial score (nSPS) is 10.3. The largest absolute Gasteiger partial charge is 0.377 e. The summed E-state index contributed by atoms with van der Waals surface area (Å²) in [4.78, 5) is 0. The quantitative estimate of drug-likeness (QED) is 0.403. The van der Waals surface area contributed by atoms with E-state index in [1.165, 1.54) is 5.92 Å². The summed E-state index contributed by atoms with van der Waals surface area (Å²) in [6, 6.07) is 0. The van der Waals surface area contributed by atoms with Gasteiger partial charge in [-0.25, -0.2) is 0 Å². The highest BCUT2D eigenvalue weighted by atomic mass is 16.5. The van der Waals surface area contributed by atoms with Gasteiger partial charge in [0.05, 0.1) is 26.4 Å². The lowest BCUT2D eigenvalue weighted by molar-refractivity contribution is 0.120. The van der Waals surface area contributed by atoms with E-state index in [1.807, 2.05) is 0 Å². The van der Waals surface area contributed by atoms with Gasteiger partial charge in [-0.15, -0.1) is 13.2 Å². The van der Waals surface area contributed by atoms with Gasteiger partial charge in [0.25, 0.3) is 0 Å². The molecule has 0 aliphatic heterocycles. The molecule has 0 saturated carbocycles. The third kappa shape index (κ3) is 7.75. The Morgan fingerprint density at radius 3 is 1.85 bits per heavy atom. The smallest absolute Gasteiger partial charge is 0.0645 e. The van der Waals surface area contributed by atoms with Gasteiger partial charge in [-0.05, 0) is 6.42 Å². The van der Waals surface area contributed by atoms with Crippen molar-refractivity contribution < 1.29 is 9.47 Å². The summed E-state index contributed by atoms with van der Waals surface area (Å²) in [7, 11) is 0. The van der Waals surface area contributed by atoms with E-state index in [-0.39, 0.29) is 0 Å². The van der Waals surface area contributed by atoms with Crippen LogP contribution in [0.25, 0.3) is 0 Å². The molecule has 0 saturated heterocycles. The first kappa shape index (κ1) is 12.4. The van der Waals surface area contributed by atoms with Crippen molar-refractivity contribution in [1.82, 2.24) is 0 Å². The molecule has 0 amide bonds. The van der Waals surface area contributed by atoms with E-state index in [2.05, 4.69) is 20.1 Å². The van der Waals surface area contributed by atoms with E-state index in [1.54, 1.807) is 12.2 Å². The topological polar surface area (TPSA) is 18.5 Å². The van der Waals surface area contributed by atoms with E-state index in [0.29, 0.717) is 26.4 Å². The van der Waals surface area contributed by atoms with Gasteiger partial charge >= 0.3 is 0 Å². The summed E-state index contributed by atoms with van der Waals surface area (Å²) in [5.41, 5.74) is 0. The predicted molar refractivity (Wildman–Crippen MR) is 55.6 cm³/mol. The van der Waals surface area contributed by atoms with Crippen LogP contribution in [-0.2, 0) is 9.47 Å². The van der Waals surface area contributed by atoms with Gasteiger partial charge < -0.3 is 9.47 Å². The first-order valence-corrected chi connectivity index (χ1v) is 4.56. The van der Waals surface area contributed by atoms with Crippen molar-refractivity contribution >= 4 is 0 Å². The molecule has 0 spiro atoms. The summed E-state index contributed by atoms with van der Waals surface area (Å²) in [5, 5.41) is 0. The summed E-state index contributed by atoms with van der Waals surface area (Å²) in [6.45, 7) is 11.8. The maximum atomic E-state index is 5.31. The van der Waals surface area contributed by atoms with Crippen LogP contribution >= 0.6 is 0 Å². The molecular weight excluding hydrogens is 164 g/mol. The van der Waals surface area contributed by atoms with Gasteiger partial charge in [0.1, 0.15) is 0 Å². The van der Waals surface area contributed by atoms with Crippen molar-refractivity contribution in [1.29, 1.82) is 0 Å². The monoisotopic (exact) mass is 183 g/mol. The third-order valence-corrected chi connectivity index (χ3v) is 1.58. The Morgan fingerprint density at radius 2 is 1.54 bits per heavy atom. The van der Waals surface area contributed by atoms with Crippen LogP contribution in [0.5, 0.6) is 0 Å². The van der Waals surface area contributed by atoms with Crippen LogP contribution < -0.4 is 0 Å². The molecule has 75 valence electrons. The second-order valence-corrected chi connectivity index (χ2v) is 2.71. The number of hydrogen-bond acceptors (Lipinski definition) is 2. The number of rotatable bonds is 9. The highest BCUT2D eigenvalue weighted by Crippen LogP contribution is 2.06. The molecular formula is C11H19O2. The standard InChI is InChI=1S/C11H19O2/c1-4-7-12-9-11(6-3)10-13-8-5-2/h4-5H,1-2,6-10H2,3H3. The molecule has 0 aromatic rings. The SMILES string of the molecule is C=CCOC[C](CC)COCC=C. The lowest BCUT2D eigenvalue weighted by Gasteiger charge is -2.13. The first-order chi connectivity index (χ1) is 6.35. The van der Waals surface area contributed by atoms with E-state index in [9.17, 15) is 0 Å². The predicted octanol–water partition coefficient (Wildman–Crippen LogP) is 2.38. The second kappa shape index (κ2) is 9.49. The van der Waals surface area contributed by atoms with Crippen LogP contribution in [0.3, 0.4) is 0 Å². The summed E-state index contributed by atoms with van der Waals surface area (Å²) in [5.74, 6) is 1.27. The lowest BCUT2D eigenvalue weighted by atomic mass is 10.1. The van der Waals surface area contributed by atoms with Gasteiger partial charge in [0.2, 0.25) is 0 Å². The molecule has 0 aliphatic rings. The van der Waals surface area contributed by atoms with Crippen molar-refractivity contribution in [3.63, 3.8) is 0 Å². The zero-order chi connectivity index (χ0) is 9.94. The Labute approximate surface area is 81.2 Å². The zero-order valence-electron chi connectivity index (χ0n) is 8.42. The number of ether oxygens (including phenoxy) is 2. The van der Waals surface area contributed by atoms with E-state index >= 15 is 0 Å². The van der Waals surface area contributed by atoms with Crippen LogP contribution in [0.1, 0.15) is 13.3 Å². The van der Waals surface area contributed by atoms with E-state index in [4.69, 9.17) is 9.47 Å². The molecule has 0 aromatic heterocycles. The van der Waals surface area contributed by atoms with Gasteiger partial charge in [0, 0.05) is 5.92 Å². The molecule has 0 rings (SSSR count). The number of hydrogen-bond donors (Lipinski definition) is 0. The van der Waals surface area contributed by atoms with Crippen molar-refractivity contribution in [2.75, 3.05) is 26.4 Å². The molecule has 13 heavy (non-hydrogen) atoms. The lowest BCUT2D eigenvalue weighted by Crippen LogP contribution is -2.13. The molecule has 0 bridgehead atoms. The molecule has 0 fully saturated rings. The van der Waals surface area contributed by atoms with Gasteiger partial charge in [-0.2, -0.15) is 0 Å². The van der Waals surface area contributed by atoms with E-state index in [0.717, 1.165) is 6.42 Å². The van der Waals surface area contributed by atoms with Crippen LogP contribution in [0.2, 0.25) is 0 Å². The Kier molecular flexibility index (Phi) is 9.05. The average Bonchev–Trinajstić information content (AvgIpc) is 2.16. The molecule has 0 aliphatic carbocycles. The van der Waals surface area contributed by atoms with Crippen LogP contribution in [-0.4, -0.2) is 26.4 Å². The average molecular weight is 183 g/mol. The fraction of sp³-hybridized carbons (Fsp3) is 0.545. The molecule has 0 heterocycles. The van der Waals surface area contributed by atoms with Gasteiger partial charge in [-0.1, -0.05) is 19.1 Å². The Morgan fingerprint density at radius 1 is 1.08 bits per heavy atom. The van der Waals surface area contributed by atoms with Crippen LogP contribution in [0.15, 0.2) is 25.3 Å². The van der Waals surface area contributed by atoms with Crippen molar-refractivity contribution in [3.05, 3.63) is 31.2 Å². The zero-order valence-corrected chi connectivity index (χ0v) is 8.42. The van der Waals surface area contributed by atoms with Crippen molar-refractivity contribution in [2.24, 2.45) is 0 Å². The van der Waals surface area contributed by atoms with Crippen LogP contribution in [0.4, 0.5) is 0 Å². The second-order valence-electron chi connectivity index (χ2n) is 2.71. The molecule has 2 heteroatoms. The maximum absolute atomic E-state index is 5.31. The fourth-order valence-electron chi connectivity index (χ4n) is 0.819. The van der Waals surface area contributed by atoms with Crippen molar-refractivity contribution in [3.8, 4) is 0 Å². The molecule has 2 nitrogen and oxygen atoms in total. The molecule has 0 atom stereocenters. The summed E-state index contributed by atoms with van der Waals surface area (Å²) < 4.78 is 10.6.